The maximum Gasteiger partial charge on any atom is 0.0862 e. The van der Waals surface area contributed by atoms with Crippen LogP contribution >= 0.6 is 0 Å². The highest BCUT2D eigenvalue weighted by atomic mass is 15.5. The zero-order valence-corrected chi connectivity index (χ0v) is 12.5. The summed E-state index contributed by atoms with van der Waals surface area (Å²) < 4.78 is 0. The van der Waals surface area contributed by atoms with Crippen molar-refractivity contribution in [2.24, 2.45) is 0 Å². The Morgan fingerprint density at radius 3 is 2.43 bits per heavy atom. The molecule has 21 heavy (non-hydrogen) atoms. The SMILES string of the molecule is Cc1nc(C(C)C)ccc1-c1cccc(-n2nccn2)c1. The van der Waals surface area contributed by atoms with Crippen molar-refractivity contribution in [1.82, 2.24) is 20.0 Å². The lowest BCUT2D eigenvalue weighted by atomic mass is 10.0. The Labute approximate surface area is 124 Å². The van der Waals surface area contributed by atoms with E-state index in [9.17, 15) is 0 Å². The van der Waals surface area contributed by atoms with E-state index in [0.29, 0.717) is 5.92 Å². The number of nitrogens with zero attached hydrogens (tertiary/aromatic N) is 4. The monoisotopic (exact) mass is 278 g/mol. The van der Waals surface area contributed by atoms with Gasteiger partial charge in [0.1, 0.15) is 0 Å². The van der Waals surface area contributed by atoms with Gasteiger partial charge in [0, 0.05) is 17.0 Å². The molecule has 0 fully saturated rings. The highest BCUT2D eigenvalue weighted by molar-refractivity contribution is 5.68. The van der Waals surface area contributed by atoms with Crippen LogP contribution in [0, 0.1) is 6.92 Å². The molecule has 0 bridgehead atoms. The number of hydrogen-bond acceptors (Lipinski definition) is 3. The van der Waals surface area contributed by atoms with Crippen molar-refractivity contribution in [1.29, 1.82) is 0 Å². The number of hydrogen-bond donors (Lipinski definition) is 0. The van der Waals surface area contributed by atoms with Gasteiger partial charge in [-0.25, -0.2) is 0 Å². The standard InChI is InChI=1S/C17H18N4/c1-12(2)17-8-7-16(13(3)20-17)14-5-4-6-15(11-14)21-18-9-10-19-21/h4-12H,1-3H3. The minimum atomic E-state index is 0.442. The average molecular weight is 278 g/mol. The first-order valence-corrected chi connectivity index (χ1v) is 7.10. The van der Waals surface area contributed by atoms with Crippen molar-refractivity contribution < 1.29 is 0 Å². The number of pyridine rings is 1. The zero-order chi connectivity index (χ0) is 14.8. The molecule has 0 aliphatic carbocycles. The molecule has 0 radical (unpaired) electrons. The maximum atomic E-state index is 4.70. The van der Waals surface area contributed by atoms with Crippen LogP contribution in [-0.4, -0.2) is 20.0 Å². The van der Waals surface area contributed by atoms with E-state index in [1.165, 1.54) is 0 Å². The number of aryl methyl sites for hydroxylation is 1. The Hall–Kier alpha value is -2.49. The van der Waals surface area contributed by atoms with Gasteiger partial charge >= 0.3 is 0 Å². The highest BCUT2D eigenvalue weighted by Crippen LogP contribution is 2.25. The summed E-state index contributed by atoms with van der Waals surface area (Å²) in [6, 6.07) is 12.4. The van der Waals surface area contributed by atoms with E-state index in [4.69, 9.17) is 4.98 Å². The number of aromatic nitrogens is 4. The molecule has 0 atom stereocenters. The van der Waals surface area contributed by atoms with Crippen molar-refractivity contribution >= 4 is 0 Å². The van der Waals surface area contributed by atoms with E-state index in [1.807, 2.05) is 12.1 Å². The van der Waals surface area contributed by atoms with Crippen LogP contribution in [-0.2, 0) is 0 Å². The van der Waals surface area contributed by atoms with Crippen molar-refractivity contribution in [3.8, 4) is 16.8 Å². The predicted molar refractivity (Wildman–Crippen MR) is 83.4 cm³/mol. The van der Waals surface area contributed by atoms with Gasteiger partial charge in [0.15, 0.2) is 0 Å². The molecule has 3 aromatic rings. The summed E-state index contributed by atoms with van der Waals surface area (Å²) in [5.41, 5.74) is 5.40. The summed E-state index contributed by atoms with van der Waals surface area (Å²) in [5.74, 6) is 0.442. The molecule has 0 aliphatic heterocycles. The van der Waals surface area contributed by atoms with Crippen LogP contribution in [0.2, 0.25) is 0 Å². The van der Waals surface area contributed by atoms with Crippen molar-refractivity contribution in [2.45, 2.75) is 26.7 Å². The molecule has 0 saturated carbocycles. The van der Waals surface area contributed by atoms with Crippen molar-refractivity contribution in [3.05, 3.63) is 60.2 Å². The quantitative estimate of drug-likeness (QED) is 0.732. The van der Waals surface area contributed by atoms with E-state index >= 15 is 0 Å². The van der Waals surface area contributed by atoms with Crippen LogP contribution < -0.4 is 0 Å². The Kier molecular flexibility index (Phi) is 3.52. The first kappa shape index (κ1) is 13.5. The molecule has 0 saturated heterocycles. The zero-order valence-electron chi connectivity index (χ0n) is 12.5. The van der Waals surface area contributed by atoms with E-state index in [-0.39, 0.29) is 0 Å². The average Bonchev–Trinajstić information content (AvgIpc) is 3.01. The number of rotatable bonds is 3. The van der Waals surface area contributed by atoms with Gasteiger partial charge < -0.3 is 0 Å². The van der Waals surface area contributed by atoms with Gasteiger partial charge in [-0.05, 0) is 36.6 Å². The van der Waals surface area contributed by atoms with Gasteiger partial charge in [-0.3, -0.25) is 4.98 Å². The Balaban J connectivity index is 2.03. The van der Waals surface area contributed by atoms with Crippen LogP contribution in [0.3, 0.4) is 0 Å². The summed E-state index contributed by atoms with van der Waals surface area (Å²) in [6.07, 6.45) is 3.35. The Morgan fingerprint density at radius 2 is 1.76 bits per heavy atom. The van der Waals surface area contributed by atoms with Gasteiger partial charge in [0.05, 0.1) is 18.1 Å². The molecular weight excluding hydrogens is 260 g/mol. The van der Waals surface area contributed by atoms with E-state index < -0.39 is 0 Å². The summed E-state index contributed by atoms with van der Waals surface area (Å²) in [5, 5.41) is 8.34. The molecule has 0 unspecified atom stereocenters. The molecular formula is C17H18N4. The summed E-state index contributed by atoms with van der Waals surface area (Å²) in [4.78, 5) is 6.32. The number of benzene rings is 1. The van der Waals surface area contributed by atoms with Crippen LogP contribution in [0.15, 0.2) is 48.8 Å². The molecule has 2 aromatic heterocycles. The highest BCUT2D eigenvalue weighted by Gasteiger charge is 2.08. The second-order valence-electron chi connectivity index (χ2n) is 5.39. The first-order valence-electron chi connectivity index (χ1n) is 7.10. The molecule has 4 heteroatoms. The van der Waals surface area contributed by atoms with Gasteiger partial charge in [-0.15, -0.1) is 0 Å². The molecule has 4 nitrogen and oxygen atoms in total. The second-order valence-corrected chi connectivity index (χ2v) is 5.39. The largest absolute Gasteiger partial charge is 0.257 e. The van der Waals surface area contributed by atoms with Crippen molar-refractivity contribution in [3.63, 3.8) is 0 Å². The van der Waals surface area contributed by atoms with E-state index in [2.05, 4.69) is 55.2 Å². The van der Waals surface area contributed by atoms with Gasteiger partial charge in [0.2, 0.25) is 0 Å². The predicted octanol–water partition coefficient (Wildman–Crippen LogP) is 3.76. The van der Waals surface area contributed by atoms with Crippen LogP contribution in [0.4, 0.5) is 0 Å². The minimum Gasteiger partial charge on any atom is -0.257 e. The fourth-order valence-corrected chi connectivity index (χ4v) is 2.35. The Morgan fingerprint density at radius 1 is 1.00 bits per heavy atom. The van der Waals surface area contributed by atoms with E-state index in [1.54, 1.807) is 17.2 Å². The molecule has 3 rings (SSSR count). The molecule has 106 valence electrons. The smallest absolute Gasteiger partial charge is 0.0862 e. The fraction of sp³-hybridized carbons (Fsp3) is 0.235. The topological polar surface area (TPSA) is 43.6 Å². The summed E-state index contributed by atoms with van der Waals surface area (Å²) >= 11 is 0. The molecule has 1 aromatic carbocycles. The van der Waals surface area contributed by atoms with Crippen LogP contribution in [0.25, 0.3) is 16.8 Å². The summed E-state index contributed by atoms with van der Waals surface area (Å²) in [7, 11) is 0. The van der Waals surface area contributed by atoms with Gasteiger partial charge in [-0.2, -0.15) is 15.0 Å². The first-order chi connectivity index (χ1) is 10.1. The lowest BCUT2D eigenvalue weighted by molar-refractivity contribution is 0.752. The molecule has 0 spiro atoms. The van der Waals surface area contributed by atoms with Gasteiger partial charge in [-0.1, -0.05) is 32.0 Å². The Bertz CT molecular complexity index is 745. The summed E-state index contributed by atoms with van der Waals surface area (Å²) in [6.45, 7) is 6.37. The molecule has 0 N–H and O–H groups in total. The molecule has 0 aliphatic rings. The second kappa shape index (κ2) is 5.48. The van der Waals surface area contributed by atoms with E-state index in [0.717, 1.165) is 28.2 Å². The van der Waals surface area contributed by atoms with Crippen LogP contribution in [0.5, 0.6) is 0 Å². The maximum absolute atomic E-state index is 4.70. The lowest BCUT2D eigenvalue weighted by Crippen LogP contribution is -1.99. The lowest BCUT2D eigenvalue weighted by Gasteiger charge is -2.11. The minimum absolute atomic E-state index is 0.442. The normalized spacial score (nSPS) is 11.0. The third-order valence-corrected chi connectivity index (χ3v) is 3.51. The third kappa shape index (κ3) is 2.70. The molecule has 0 amide bonds. The van der Waals surface area contributed by atoms with Crippen molar-refractivity contribution in [2.75, 3.05) is 0 Å². The van der Waals surface area contributed by atoms with Gasteiger partial charge in [0.25, 0.3) is 0 Å². The van der Waals surface area contributed by atoms with Crippen LogP contribution in [0.1, 0.15) is 31.2 Å². The molecule has 2 heterocycles. The fourth-order valence-electron chi connectivity index (χ4n) is 2.35. The third-order valence-electron chi connectivity index (χ3n) is 3.51.